The first-order valence-electron chi connectivity index (χ1n) is 9.43. The molecule has 1 aromatic carbocycles. The number of nitriles is 1. The van der Waals surface area contributed by atoms with E-state index in [9.17, 15) is 9.59 Å². The third kappa shape index (κ3) is 5.19. The lowest BCUT2D eigenvalue weighted by Gasteiger charge is -2.31. The van der Waals surface area contributed by atoms with E-state index < -0.39 is 0 Å². The number of carbonyl (C=O) groups is 2. The van der Waals surface area contributed by atoms with Crippen LogP contribution < -0.4 is 10.6 Å². The van der Waals surface area contributed by atoms with Gasteiger partial charge >= 0.3 is 6.09 Å². The predicted molar refractivity (Wildman–Crippen MR) is 106 cm³/mol. The van der Waals surface area contributed by atoms with Gasteiger partial charge in [-0.05, 0) is 44.0 Å². The molecule has 0 saturated carbocycles. The van der Waals surface area contributed by atoms with Gasteiger partial charge in [0.1, 0.15) is 6.07 Å². The van der Waals surface area contributed by atoms with E-state index in [1.807, 2.05) is 6.07 Å². The van der Waals surface area contributed by atoms with Crippen molar-refractivity contribution in [1.82, 2.24) is 20.4 Å². The van der Waals surface area contributed by atoms with Gasteiger partial charge in [0.15, 0.2) is 11.5 Å². The van der Waals surface area contributed by atoms with Crippen molar-refractivity contribution in [2.45, 2.75) is 25.8 Å². The van der Waals surface area contributed by atoms with Crippen LogP contribution in [0.3, 0.4) is 0 Å². The molecule has 0 bridgehead atoms. The summed E-state index contributed by atoms with van der Waals surface area (Å²) in [5.41, 5.74) is 1.32. The summed E-state index contributed by atoms with van der Waals surface area (Å²) in [5, 5.41) is 23.1. The van der Waals surface area contributed by atoms with Crippen LogP contribution in [0.25, 0.3) is 0 Å². The number of aromatic nitrogens is 2. The van der Waals surface area contributed by atoms with Crippen molar-refractivity contribution in [2.24, 2.45) is 0 Å². The number of amides is 2. The maximum Gasteiger partial charge on any atom is 0.409 e. The van der Waals surface area contributed by atoms with Crippen molar-refractivity contribution >= 4 is 23.5 Å². The number of benzene rings is 1. The van der Waals surface area contributed by atoms with Crippen LogP contribution in [-0.2, 0) is 4.74 Å². The van der Waals surface area contributed by atoms with E-state index in [2.05, 4.69) is 26.9 Å². The number of hydrogen-bond donors (Lipinski definition) is 2. The number of hydrogen-bond acceptors (Lipinski definition) is 7. The van der Waals surface area contributed by atoms with Gasteiger partial charge in [0.05, 0.1) is 17.9 Å². The van der Waals surface area contributed by atoms with E-state index in [0.717, 1.165) is 0 Å². The predicted octanol–water partition coefficient (Wildman–Crippen LogP) is 2.44. The van der Waals surface area contributed by atoms with Gasteiger partial charge < -0.3 is 20.3 Å². The minimum absolute atomic E-state index is 0.0321. The third-order valence-corrected chi connectivity index (χ3v) is 4.56. The van der Waals surface area contributed by atoms with E-state index in [0.29, 0.717) is 49.6 Å². The average molecular weight is 394 g/mol. The molecule has 0 radical (unpaired) electrons. The Kier molecular flexibility index (Phi) is 6.58. The highest BCUT2D eigenvalue weighted by atomic mass is 16.6. The molecule has 2 aromatic rings. The first kappa shape index (κ1) is 20.1. The third-order valence-electron chi connectivity index (χ3n) is 4.56. The van der Waals surface area contributed by atoms with Crippen molar-refractivity contribution in [3.05, 3.63) is 47.7 Å². The molecule has 1 fully saturated rings. The Morgan fingerprint density at radius 3 is 2.62 bits per heavy atom. The second-order valence-corrected chi connectivity index (χ2v) is 6.52. The summed E-state index contributed by atoms with van der Waals surface area (Å²) in [6.45, 7) is 3.20. The molecule has 9 nitrogen and oxygen atoms in total. The molecule has 2 heterocycles. The topological polar surface area (TPSA) is 120 Å². The van der Waals surface area contributed by atoms with Crippen LogP contribution in [0.2, 0.25) is 0 Å². The average Bonchev–Trinajstić information content (AvgIpc) is 2.75. The molecule has 0 aliphatic carbocycles. The van der Waals surface area contributed by atoms with Crippen molar-refractivity contribution in [3.63, 3.8) is 0 Å². The van der Waals surface area contributed by atoms with E-state index in [-0.39, 0.29) is 23.7 Å². The first-order chi connectivity index (χ1) is 14.1. The van der Waals surface area contributed by atoms with Crippen LogP contribution in [0, 0.1) is 11.3 Å². The monoisotopic (exact) mass is 394 g/mol. The Balaban J connectivity index is 1.53. The molecule has 150 valence electrons. The summed E-state index contributed by atoms with van der Waals surface area (Å²) in [7, 11) is 0. The Bertz CT molecular complexity index is 901. The fraction of sp³-hybridized carbons (Fsp3) is 0.350. The number of ether oxygens (including phenoxy) is 1. The first-order valence-corrected chi connectivity index (χ1v) is 9.43. The van der Waals surface area contributed by atoms with Gasteiger partial charge in [-0.2, -0.15) is 5.26 Å². The quantitative estimate of drug-likeness (QED) is 0.799. The SMILES string of the molecule is CCOC(=O)N1CCC(NC(=O)c2ccc(Nc3ccccc3C#N)nn2)CC1. The Hall–Kier alpha value is -3.67. The van der Waals surface area contributed by atoms with Gasteiger partial charge in [-0.3, -0.25) is 4.79 Å². The summed E-state index contributed by atoms with van der Waals surface area (Å²) >= 11 is 0. The van der Waals surface area contributed by atoms with Crippen molar-refractivity contribution < 1.29 is 14.3 Å². The highest BCUT2D eigenvalue weighted by Gasteiger charge is 2.25. The van der Waals surface area contributed by atoms with E-state index in [4.69, 9.17) is 10.00 Å². The molecule has 0 unspecified atom stereocenters. The summed E-state index contributed by atoms with van der Waals surface area (Å²) < 4.78 is 4.99. The Morgan fingerprint density at radius 1 is 1.21 bits per heavy atom. The van der Waals surface area contributed by atoms with Crippen LogP contribution in [0.4, 0.5) is 16.3 Å². The molecule has 1 aliphatic rings. The number of para-hydroxylation sites is 1. The van der Waals surface area contributed by atoms with Crippen molar-refractivity contribution in [1.29, 1.82) is 5.26 Å². The number of rotatable bonds is 5. The van der Waals surface area contributed by atoms with E-state index >= 15 is 0 Å². The maximum atomic E-state index is 12.4. The molecule has 3 rings (SSSR count). The zero-order chi connectivity index (χ0) is 20.6. The molecule has 2 N–H and O–H groups in total. The standard InChI is InChI=1S/C20H22N6O3/c1-2-29-20(28)26-11-9-15(10-12-26)22-19(27)17-7-8-18(25-24-17)23-16-6-4-3-5-14(16)13-21/h3-8,15H,2,9-12H2,1H3,(H,22,27)(H,23,25). The number of anilines is 2. The van der Waals surface area contributed by atoms with Crippen molar-refractivity contribution in [2.75, 3.05) is 25.0 Å². The molecule has 1 aliphatic heterocycles. The number of nitrogens with zero attached hydrogens (tertiary/aromatic N) is 4. The molecular formula is C20H22N6O3. The van der Waals surface area contributed by atoms with Crippen molar-refractivity contribution in [3.8, 4) is 6.07 Å². The molecule has 9 heteroatoms. The summed E-state index contributed by atoms with van der Waals surface area (Å²) in [6.07, 6.45) is 0.995. The number of carbonyl (C=O) groups excluding carboxylic acids is 2. The van der Waals surface area contributed by atoms with Gasteiger partial charge in [-0.25, -0.2) is 4.79 Å². The minimum atomic E-state index is -0.316. The van der Waals surface area contributed by atoms with Gasteiger partial charge in [0.25, 0.3) is 5.91 Å². The van der Waals surface area contributed by atoms with Gasteiger partial charge in [-0.1, -0.05) is 12.1 Å². The highest BCUT2D eigenvalue weighted by molar-refractivity contribution is 5.92. The molecule has 0 spiro atoms. The van der Waals surface area contributed by atoms with Crippen LogP contribution in [0.1, 0.15) is 35.8 Å². The van der Waals surface area contributed by atoms with E-state index in [1.165, 1.54) is 0 Å². The molecule has 0 atom stereocenters. The molecule has 1 saturated heterocycles. The fourth-order valence-corrected chi connectivity index (χ4v) is 3.03. The molecule has 1 aromatic heterocycles. The maximum absolute atomic E-state index is 12.4. The Morgan fingerprint density at radius 2 is 1.97 bits per heavy atom. The highest BCUT2D eigenvalue weighted by Crippen LogP contribution is 2.18. The summed E-state index contributed by atoms with van der Waals surface area (Å²) in [6, 6.07) is 12.3. The molecule has 29 heavy (non-hydrogen) atoms. The van der Waals surface area contributed by atoms with Crippen LogP contribution in [0.15, 0.2) is 36.4 Å². The zero-order valence-corrected chi connectivity index (χ0v) is 16.1. The lowest BCUT2D eigenvalue weighted by Crippen LogP contribution is -2.46. The van der Waals surface area contributed by atoms with Crippen LogP contribution in [-0.4, -0.2) is 52.8 Å². The normalized spacial score (nSPS) is 14.0. The lowest BCUT2D eigenvalue weighted by atomic mass is 10.1. The summed E-state index contributed by atoms with van der Waals surface area (Å²) in [5.74, 6) is 0.128. The number of piperidine rings is 1. The second-order valence-electron chi connectivity index (χ2n) is 6.52. The zero-order valence-electron chi connectivity index (χ0n) is 16.1. The largest absolute Gasteiger partial charge is 0.450 e. The van der Waals surface area contributed by atoms with Crippen LogP contribution >= 0.6 is 0 Å². The van der Waals surface area contributed by atoms with Crippen LogP contribution in [0.5, 0.6) is 0 Å². The fourth-order valence-electron chi connectivity index (χ4n) is 3.03. The van der Waals surface area contributed by atoms with Gasteiger partial charge in [0, 0.05) is 19.1 Å². The van der Waals surface area contributed by atoms with Gasteiger partial charge in [0.2, 0.25) is 0 Å². The number of nitrogens with one attached hydrogen (secondary N) is 2. The molecule has 2 amide bonds. The Labute approximate surface area is 168 Å². The van der Waals surface area contributed by atoms with Gasteiger partial charge in [-0.15, -0.1) is 10.2 Å². The summed E-state index contributed by atoms with van der Waals surface area (Å²) in [4.78, 5) is 25.8. The smallest absolute Gasteiger partial charge is 0.409 e. The lowest BCUT2D eigenvalue weighted by molar-refractivity contribution is 0.0856. The minimum Gasteiger partial charge on any atom is -0.450 e. The van der Waals surface area contributed by atoms with E-state index in [1.54, 1.807) is 42.2 Å². The molecular weight excluding hydrogens is 372 g/mol. The second kappa shape index (κ2) is 9.50. The number of likely N-dealkylation sites (tertiary alicyclic amines) is 1.